The Labute approximate surface area is 94.8 Å². The van der Waals surface area contributed by atoms with Crippen LogP contribution in [0.25, 0.3) is 0 Å². The molecule has 6 heteroatoms. The maximum Gasteiger partial charge on any atom is 0.223 e. The molecule has 0 unspecified atom stereocenters. The zero-order chi connectivity index (χ0) is 12.0. The summed E-state index contributed by atoms with van der Waals surface area (Å²) in [6.45, 7) is 3.44. The van der Waals surface area contributed by atoms with E-state index in [4.69, 9.17) is 10.5 Å². The number of hydrogen-bond donors (Lipinski definition) is 1. The number of rotatable bonds is 7. The van der Waals surface area contributed by atoms with E-state index in [9.17, 15) is 4.79 Å². The standard InChI is InChI=1S/C10H18N4O2/c1-8-9(7-10(11)15)12-13-14(8)5-3-4-6-16-2/h3-7H2,1-2H3,(H2,11,15). The van der Waals surface area contributed by atoms with Crippen molar-refractivity contribution in [3.05, 3.63) is 11.4 Å². The van der Waals surface area contributed by atoms with Crippen molar-refractivity contribution in [2.24, 2.45) is 5.73 Å². The molecule has 0 radical (unpaired) electrons. The normalized spacial score (nSPS) is 10.6. The fourth-order valence-electron chi connectivity index (χ4n) is 1.45. The summed E-state index contributed by atoms with van der Waals surface area (Å²) in [5.41, 5.74) is 6.69. The van der Waals surface area contributed by atoms with Crippen molar-refractivity contribution >= 4 is 5.91 Å². The summed E-state index contributed by atoms with van der Waals surface area (Å²) in [5.74, 6) is -0.380. The number of carbonyl (C=O) groups is 1. The lowest BCUT2D eigenvalue weighted by Crippen LogP contribution is -2.14. The Balaban J connectivity index is 2.48. The zero-order valence-corrected chi connectivity index (χ0v) is 9.77. The first-order valence-corrected chi connectivity index (χ1v) is 5.31. The molecule has 0 saturated carbocycles. The number of nitrogens with zero attached hydrogens (tertiary/aromatic N) is 3. The zero-order valence-electron chi connectivity index (χ0n) is 9.77. The molecule has 0 atom stereocenters. The Morgan fingerprint density at radius 1 is 1.50 bits per heavy atom. The number of unbranched alkanes of at least 4 members (excludes halogenated alkanes) is 1. The first-order valence-electron chi connectivity index (χ1n) is 5.31. The molecule has 1 amide bonds. The summed E-state index contributed by atoms with van der Waals surface area (Å²) in [6, 6.07) is 0. The Kier molecular flexibility index (Phi) is 4.91. The number of aryl methyl sites for hydroxylation is 1. The van der Waals surface area contributed by atoms with Crippen molar-refractivity contribution in [3.63, 3.8) is 0 Å². The predicted molar refractivity (Wildman–Crippen MR) is 58.8 cm³/mol. The van der Waals surface area contributed by atoms with Crippen molar-refractivity contribution in [1.29, 1.82) is 0 Å². The molecule has 0 aliphatic rings. The van der Waals surface area contributed by atoms with Crippen molar-refractivity contribution in [2.75, 3.05) is 13.7 Å². The molecule has 0 fully saturated rings. The Morgan fingerprint density at radius 2 is 2.25 bits per heavy atom. The van der Waals surface area contributed by atoms with E-state index in [0.717, 1.165) is 31.7 Å². The van der Waals surface area contributed by atoms with Gasteiger partial charge >= 0.3 is 0 Å². The highest BCUT2D eigenvalue weighted by Crippen LogP contribution is 2.05. The van der Waals surface area contributed by atoms with Gasteiger partial charge in [0.1, 0.15) is 0 Å². The van der Waals surface area contributed by atoms with E-state index in [1.165, 1.54) is 0 Å². The van der Waals surface area contributed by atoms with Crippen molar-refractivity contribution in [3.8, 4) is 0 Å². The van der Waals surface area contributed by atoms with Gasteiger partial charge in [0.05, 0.1) is 17.8 Å². The molecule has 1 aromatic heterocycles. The summed E-state index contributed by atoms with van der Waals surface area (Å²) >= 11 is 0. The van der Waals surface area contributed by atoms with E-state index in [2.05, 4.69) is 10.3 Å². The van der Waals surface area contributed by atoms with Crippen LogP contribution in [0.5, 0.6) is 0 Å². The van der Waals surface area contributed by atoms with Crippen LogP contribution in [0.2, 0.25) is 0 Å². The number of aromatic nitrogens is 3. The molecule has 0 aliphatic heterocycles. The van der Waals surface area contributed by atoms with Gasteiger partial charge in [0.2, 0.25) is 5.91 Å². The van der Waals surface area contributed by atoms with Crippen LogP contribution in [-0.4, -0.2) is 34.6 Å². The highest BCUT2D eigenvalue weighted by atomic mass is 16.5. The summed E-state index contributed by atoms with van der Waals surface area (Å²) in [6.07, 6.45) is 2.12. The summed E-state index contributed by atoms with van der Waals surface area (Å²) in [5, 5.41) is 7.92. The topological polar surface area (TPSA) is 83.0 Å². The number of methoxy groups -OCH3 is 1. The molecule has 0 aromatic carbocycles. The average Bonchev–Trinajstić information content (AvgIpc) is 2.56. The van der Waals surface area contributed by atoms with Gasteiger partial charge in [-0.3, -0.25) is 4.79 Å². The molecular formula is C10H18N4O2. The molecule has 0 saturated heterocycles. The van der Waals surface area contributed by atoms with Crippen LogP contribution in [0.4, 0.5) is 0 Å². The number of ether oxygens (including phenoxy) is 1. The SMILES string of the molecule is COCCCCn1nnc(CC(N)=O)c1C. The molecule has 90 valence electrons. The second kappa shape index (κ2) is 6.22. The maximum atomic E-state index is 10.8. The third kappa shape index (κ3) is 3.62. The number of nitrogens with two attached hydrogens (primary N) is 1. The maximum absolute atomic E-state index is 10.8. The van der Waals surface area contributed by atoms with E-state index in [1.54, 1.807) is 11.8 Å². The molecule has 6 nitrogen and oxygen atoms in total. The van der Waals surface area contributed by atoms with Gasteiger partial charge in [0, 0.05) is 20.3 Å². The Bertz CT molecular complexity index is 349. The molecule has 1 rings (SSSR count). The smallest absolute Gasteiger partial charge is 0.223 e. The van der Waals surface area contributed by atoms with Gasteiger partial charge in [-0.15, -0.1) is 5.10 Å². The number of amides is 1. The van der Waals surface area contributed by atoms with Gasteiger partial charge in [-0.05, 0) is 19.8 Å². The van der Waals surface area contributed by atoms with Crippen LogP contribution in [0.1, 0.15) is 24.2 Å². The van der Waals surface area contributed by atoms with Crippen LogP contribution in [0.15, 0.2) is 0 Å². The minimum Gasteiger partial charge on any atom is -0.385 e. The molecule has 0 spiro atoms. The first kappa shape index (κ1) is 12.6. The van der Waals surface area contributed by atoms with Crippen molar-refractivity contribution in [2.45, 2.75) is 32.7 Å². The van der Waals surface area contributed by atoms with Crippen molar-refractivity contribution in [1.82, 2.24) is 15.0 Å². The molecule has 16 heavy (non-hydrogen) atoms. The van der Waals surface area contributed by atoms with Crippen LogP contribution < -0.4 is 5.73 Å². The fourth-order valence-corrected chi connectivity index (χ4v) is 1.45. The largest absolute Gasteiger partial charge is 0.385 e. The monoisotopic (exact) mass is 226 g/mol. The highest BCUT2D eigenvalue weighted by Gasteiger charge is 2.10. The molecule has 1 aromatic rings. The number of hydrogen-bond acceptors (Lipinski definition) is 4. The number of carbonyl (C=O) groups excluding carboxylic acids is 1. The first-order chi connectivity index (χ1) is 7.65. The summed E-state index contributed by atoms with van der Waals surface area (Å²) in [7, 11) is 1.69. The fraction of sp³-hybridized carbons (Fsp3) is 0.700. The highest BCUT2D eigenvalue weighted by molar-refractivity contribution is 5.76. The lowest BCUT2D eigenvalue weighted by Gasteiger charge is -2.03. The van der Waals surface area contributed by atoms with Crippen LogP contribution >= 0.6 is 0 Å². The molecule has 0 aliphatic carbocycles. The summed E-state index contributed by atoms with van der Waals surface area (Å²) in [4.78, 5) is 10.8. The molecular weight excluding hydrogens is 208 g/mol. The predicted octanol–water partition coefficient (Wildman–Crippen LogP) is 0.0409. The van der Waals surface area contributed by atoms with Crippen LogP contribution in [-0.2, 0) is 22.5 Å². The quantitative estimate of drug-likeness (QED) is 0.665. The van der Waals surface area contributed by atoms with E-state index in [1.807, 2.05) is 6.92 Å². The van der Waals surface area contributed by atoms with E-state index in [-0.39, 0.29) is 12.3 Å². The third-order valence-corrected chi connectivity index (χ3v) is 2.39. The molecule has 2 N–H and O–H groups in total. The summed E-state index contributed by atoms with van der Waals surface area (Å²) < 4.78 is 6.76. The van der Waals surface area contributed by atoms with E-state index >= 15 is 0 Å². The minimum atomic E-state index is -0.380. The van der Waals surface area contributed by atoms with E-state index in [0.29, 0.717) is 5.69 Å². The van der Waals surface area contributed by atoms with Gasteiger partial charge in [-0.1, -0.05) is 5.21 Å². The van der Waals surface area contributed by atoms with Gasteiger partial charge < -0.3 is 10.5 Å². The number of primary amides is 1. The van der Waals surface area contributed by atoms with Gasteiger partial charge in [0.25, 0.3) is 0 Å². The second-order valence-electron chi connectivity index (χ2n) is 3.69. The Hall–Kier alpha value is -1.43. The van der Waals surface area contributed by atoms with Crippen LogP contribution in [0, 0.1) is 6.92 Å². The van der Waals surface area contributed by atoms with Crippen molar-refractivity contribution < 1.29 is 9.53 Å². The second-order valence-corrected chi connectivity index (χ2v) is 3.69. The minimum absolute atomic E-state index is 0.157. The lowest BCUT2D eigenvalue weighted by molar-refractivity contribution is -0.117. The van der Waals surface area contributed by atoms with Crippen LogP contribution in [0.3, 0.4) is 0 Å². The third-order valence-electron chi connectivity index (χ3n) is 2.39. The molecule has 1 heterocycles. The lowest BCUT2D eigenvalue weighted by atomic mass is 10.2. The average molecular weight is 226 g/mol. The Morgan fingerprint density at radius 3 is 2.88 bits per heavy atom. The van der Waals surface area contributed by atoms with Gasteiger partial charge in [-0.2, -0.15) is 0 Å². The molecule has 0 bridgehead atoms. The van der Waals surface area contributed by atoms with E-state index < -0.39 is 0 Å². The van der Waals surface area contributed by atoms with Gasteiger partial charge in [0.15, 0.2) is 0 Å². The van der Waals surface area contributed by atoms with Gasteiger partial charge in [-0.25, -0.2) is 4.68 Å².